The van der Waals surface area contributed by atoms with E-state index in [4.69, 9.17) is 6.58 Å². The first-order valence-corrected chi connectivity index (χ1v) is 18.4. The third kappa shape index (κ3) is 5.71. The zero-order valence-electron chi connectivity index (χ0n) is 29.8. The Morgan fingerprint density at radius 3 is 1.83 bits per heavy atom. The molecule has 2 aromatic heterocycles. The lowest BCUT2D eigenvalue weighted by atomic mass is 9.78. The maximum atomic E-state index is 4.83. The van der Waals surface area contributed by atoms with E-state index in [1.165, 1.54) is 44.8 Å². The summed E-state index contributed by atoms with van der Waals surface area (Å²) in [7, 11) is 0. The highest BCUT2D eigenvalue weighted by Crippen LogP contribution is 2.45. The Morgan fingerprint density at radius 2 is 1.15 bits per heavy atom. The molecule has 2 atom stereocenters. The summed E-state index contributed by atoms with van der Waals surface area (Å²) in [4.78, 5) is 2.29. The van der Waals surface area contributed by atoms with Gasteiger partial charge in [0.05, 0.1) is 11.5 Å². The van der Waals surface area contributed by atoms with Crippen molar-refractivity contribution in [1.82, 2.24) is 0 Å². The normalized spacial score (nSPS) is 15.6. The van der Waals surface area contributed by atoms with Gasteiger partial charge in [0.25, 0.3) is 0 Å². The summed E-state index contributed by atoms with van der Waals surface area (Å²) in [6.07, 6.45) is 10.2. The third-order valence-corrected chi connectivity index (χ3v) is 11.1. The first-order chi connectivity index (χ1) is 26.1. The molecule has 0 radical (unpaired) electrons. The fraction of sp³-hybridized carbons (Fsp3) is 0.0800. The zero-order valence-corrected chi connectivity index (χ0v) is 29.8. The highest BCUT2D eigenvalue weighted by molar-refractivity contribution is 5.80. The van der Waals surface area contributed by atoms with Crippen LogP contribution >= 0.6 is 0 Å². The van der Waals surface area contributed by atoms with Crippen molar-refractivity contribution in [2.45, 2.75) is 24.8 Å². The standard InChI is InChI=1S/C50H41N3/c1-4-36-16-25-41(26-17-36)53(42-27-18-37(5-2)19-28-42)43-29-22-38(23-30-43)40-21-20-39-24-31-46-44-12-6-7-13-45(44)48-14-9-11-33-52(48)50(46)35(3)51-32-10-8-15-49(51)47(39)34-40/h4-23,25-30,32-34,46,50H,1-3,24,31H2/q+2. The number of pyridine rings is 2. The lowest BCUT2D eigenvalue weighted by Gasteiger charge is -2.29. The maximum Gasteiger partial charge on any atom is 0.249 e. The second kappa shape index (κ2) is 13.5. The van der Waals surface area contributed by atoms with E-state index in [1.54, 1.807) is 0 Å². The van der Waals surface area contributed by atoms with E-state index < -0.39 is 0 Å². The first kappa shape index (κ1) is 32.3. The van der Waals surface area contributed by atoms with Gasteiger partial charge in [0, 0.05) is 46.9 Å². The summed E-state index contributed by atoms with van der Waals surface area (Å²) in [6, 6.07) is 55.1. The fourth-order valence-corrected chi connectivity index (χ4v) is 8.40. The topological polar surface area (TPSA) is 11.0 Å². The van der Waals surface area contributed by atoms with Crippen molar-refractivity contribution in [3.63, 3.8) is 0 Å². The van der Waals surface area contributed by atoms with Crippen LogP contribution in [0.25, 0.3) is 51.5 Å². The van der Waals surface area contributed by atoms with Gasteiger partial charge in [-0.15, -0.1) is 0 Å². The Labute approximate surface area is 312 Å². The Hall–Kier alpha value is -6.58. The van der Waals surface area contributed by atoms with Crippen molar-refractivity contribution in [3.05, 3.63) is 206 Å². The van der Waals surface area contributed by atoms with Crippen LogP contribution in [0.3, 0.4) is 0 Å². The van der Waals surface area contributed by atoms with Gasteiger partial charge >= 0.3 is 0 Å². The molecule has 0 saturated carbocycles. The molecule has 5 aromatic carbocycles. The van der Waals surface area contributed by atoms with E-state index in [9.17, 15) is 0 Å². The van der Waals surface area contributed by atoms with Crippen molar-refractivity contribution in [2.24, 2.45) is 0 Å². The Balaban J connectivity index is 1.11. The number of nitrogens with zero attached hydrogens (tertiary/aromatic N) is 3. The number of anilines is 3. The molecule has 3 nitrogen and oxygen atoms in total. The largest absolute Gasteiger partial charge is 0.311 e. The van der Waals surface area contributed by atoms with E-state index in [-0.39, 0.29) is 6.04 Å². The molecule has 2 unspecified atom stereocenters. The van der Waals surface area contributed by atoms with Crippen LogP contribution in [0.4, 0.5) is 17.1 Å². The van der Waals surface area contributed by atoms with E-state index >= 15 is 0 Å². The average molecular weight is 684 g/mol. The van der Waals surface area contributed by atoms with Crippen molar-refractivity contribution >= 4 is 34.9 Å². The minimum absolute atomic E-state index is 0.0949. The molecule has 0 bridgehead atoms. The smallest absolute Gasteiger partial charge is 0.249 e. The number of aryl methyl sites for hydroxylation is 1. The molecule has 254 valence electrons. The predicted octanol–water partition coefficient (Wildman–Crippen LogP) is 11.8. The fourth-order valence-electron chi connectivity index (χ4n) is 8.40. The second-order valence-corrected chi connectivity index (χ2v) is 14.0. The Kier molecular flexibility index (Phi) is 8.25. The SMILES string of the molecule is C=Cc1ccc(N(c2ccc(C=C)cc2)c2ccc(-c3ccc4c(c3)-c3cccc[n+]3C(=C)C3C(CC4)c4ccccc4-c4cccc[n+]43)cc2)cc1. The summed E-state index contributed by atoms with van der Waals surface area (Å²) in [5.74, 6) is 0.293. The molecule has 0 N–H and O–H groups in total. The number of rotatable bonds is 6. The molecule has 0 amide bonds. The summed E-state index contributed by atoms with van der Waals surface area (Å²) in [6.45, 7) is 12.7. The molecule has 0 fully saturated rings. The van der Waals surface area contributed by atoms with Gasteiger partial charge < -0.3 is 4.90 Å². The van der Waals surface area contributed by atoms with Crippen LogP contribution in [0, 0.1) is 0 Å². The number of aromatic nitrogens is 2. The minimum Gasteiger partial charge on any atom is -0.311 e. The molecule has 2 aliphatic heterocycles. The van der Waals surface area contributed by atoms with Gasteiger partial charge in [-0.1, -0.05) is 92.0 Å². The quantitative estimate of drug-likeness (QED) is 0.159. The number of benzene rings is 5. The number of hydrogen-bond acceptors (Lipinski definition) is 1. The Morgan fingerprint density at radius 1 is 0.566 bits per heavy atom. The molecule has 0 aliphatic carbocycles. The number of allylic oxidation sites excluding steroid dienone is 1. The van der Waals surface area contributed by atoms with E-state index in [1.807, 2.05) is 12.2 Å². The van der Waals surface area contributed by atoms with Crippen LogP contribution in [0.15, 0.2) is 184 Å². The first-order valence-electron chi connectivity index (χ1n) is 18.4. The highest BCUT2D eigenvalue weighted by atomic mass is 15.1. The molecular weight excluding hydrogens is 643 g/mol. The van der Waals surface area contributed by atoms with E-state index in [0.717, 1.165) is 46.7 Å². The highest BCUT2D eigenvalue weighted by Gasteiger charge is 2.46. The van der Waals surface area contributed by atoms with Gasteiger partial charge in [-0.25, -0.2) is 0 Å². The van der Waals surface area contributed by atoms with Crippen molar-refractivity contribution < 1.29 is 9.13 Å². The van der Waals surface area contributed by atoms with Crippen LogP contribution in [0.2, 0.25) is 0 Å². The van der Waals surface area contributed by atoms with Crippen molar-refractivity contribution in [3.8, 4) is 33.6 Å². The molecule has 2 aliphatic rings. The lowest BCUT2D eigenvalue weighted by Crippen LogP contribution is -2.53. The third-order valence-electron chi connectivity index (χ3n) is 11.1. The van der Waals surface area contributed by atoms with Gasteiger partial charge in [-0.05, 0) is 113 Å². The van der Waals surface area contributed by atoms with Gasteiger partial charge in [0.15, 0.2) is 12.4 Å². The molecule has 3 heteroatoms. The van der Waals surface area contributed by atoms with Crippen LogP contribution in [-0.4, -0.2) is 0 Å². The summed E-state index contributed by atoms with van der Waals surface area (Å²) in [5, 5.41) is 0. The summed E-state index contributed by atoms with van der Waals surface area (Å²) in [5.41, 5.74) is 16.7. The van der Waals surface area contributed by atoms with E-state index in [0.29, 0.717) is 5.92 Å². The summed E-state index contributed by atoms with van der Waals surface area (Å²) >= 11 is 0. The van der Waals surface area contributed by atoms with Gasteiger partial charge in [-0.3, -0.25) is 0 Å². The number of fused-ring (bicyclic) bond motifs is 9. The molecule has 9 rings (SSSR count). The predicted molar refractivity (Wildman–Crippen MR) is 220 cm³/mol. The zero-order chi connectivity index (χ0) is 35.9. The van der Waals surface area contributed by atoms with Gasteiger partial charge in [-0.2, -0.15) is 9.13 Å². The second-order valence-electron chi connectivity index (χ2n) is 14.0. The van der Waals surface area contributed by atoms with Crippen LogP contribution in [0.5, 0.6) is 0 Å². The monoisotopic (exact) mass is 683 g/mol. The average Bonchev–Trinajstić information content (AvgIpc) is 3.28. The van der Waals surface area contributed by atoms with Crippen LogP contribution < -0.4 is 14.0 Å². The van der Waals surface area contributed by atoms with Gasteiger partial charge in [0.2, 0.25) is 23.1 Å². The molecule has 7 aromatic rings. The minimum atomic E-state index is 0.0949. The number of hydrogen-bond donors (Lipinski definition) is 0. The Bertz CT molecular complexity index is 2460. The van der Waals surface area contributed by atoms with Crippen molar-refractivity contribution in [2.75, 3.05) is 4.90 Å². The molecule has 0 saturated heterocycles. The summed E-state index contributed by atoms with van der Waals surface area (Å²) < 4.78 is 4.78. The molecule has 4 heterocycles. The van der Waals surface area contributed by atoms with Crippen LogP contribution in [-0.2, 0) is 6.42 Å². The molecule has 0 spiro atoms. The van der Waals surface area contributed by atoms with Crippen molar-refractivity contribution in [1.29, 1.82) is 0 Å². The van der Waals surface area contributed by atoms with Crippen LogP contribution in [0.1, 0.15) is 40.6 Å². The lowest BCUT2D eigenvalue weighted by molar-refractivity contribution is -0.727. The molecule has 53 heavy (non-hydrogen) atoms. The van der Waals surface area contributed by atoms with Gasteiger partial charge in [0.1, 0.15) is 0 Å². The maximum absolute atomic E-state index is 4.83. The molecular formula is C50H41N3+2. The van der Waals surface area contributed by atoms with E-state index in [2.05, 4.69) is 191 Å².